The van der Waals surface area contributed by atoms with Gasteiger partial charge in [0.1, 0.15) is 0 Å². The Kier molecular flexibility index (Phi) is 5.21. The van der Waals surface area contributed by atoms with Gasteiger partial charge >= 0.3 is 0 Å². The van der Waals surface area contributed by atoms with Crippen molar-refractivity contribution < 1.29 is 5.11 Å². The molecule has 0 spiro atoms. The number of aliphatic hydroxyl groups is 1. The van der Waals surface area contributed by atoms with E-state index in [2.05, 4.69) is 24.2 Å². The molecule has 0 bridgehead atoms. The minimum Gasteiger partial charge on any atom is -0.396 e. The summed E-state index contributed by atoms with van der Waals surface area (Å²) < 4.78 is 1.94. The SMILES string of the molecule is CCn1nc(C)c(Cl)c1CC(CO)Cc1ccccc1. The van der Waals surface area contributed by atoms with E-state index in [9.17, 15) is 5.11 Å². The number of aromatic nitrogens is 2. The van der Waals surface area contributed by atoms with Crippen molar-refractivity contribution in [3.63, 3.8) is 0 Å². The molecule has 0 aliphatic heterocycles. The predicted molar refractivity (Wildman–Crippen MR) is 82.1 cm³/mol. The van der Waals surface area contributed by atoms with E-state index in [0.717, 1.165) is 35.8 Å². The molecule has 2 rings (SSSR count). The van der Waals surface area contributed by atoms with Gasteiger partial charge in [0.2, 0.25) is 0 Å². The fourth-order valence-corrected chi connectivity index (χ4v) is 2.70. The van der Waals surface area contributed by atoms with E-state index < -0.39 is 0 Å². The molecule has 0 aliphatic carbocycles. The van der Waals surface area contributed by atoms with Gasteiger partial charge in [-0.1, -0.05) is 41.9 Å². The molecule has 108 valence electrons. The minimum atomic E-state index is 0.152. The van der Waals surface area contributed by atoms with Crippen molar-refractivity contribution >= 4 is 11.6 Å². The minimum absolute atomic E-state index is 0.152. The zero-order valence-corrected chi connectivity index (χ0v) is 12.8. The summed E-state index contributed by atoms with van der Waals surface area (Å²) in [6.45, 7) is 4.92. The second-order valence-electron chi connectivity index (χ2n) is 5.10. The highest BCUT2D eigenvalue weighted by molar-refractivity contribution is 6.31. The number of hydrogen-bond acceptors (Lipinski definition) is 2. The number of rotatable bonds is 6. The maximum absolute atomic E-state index is 9.64. The van der Waals surface area contributed by atoms with Gasteiger partial charge in [-0.15, -0.1) is 0 Å². The summed E-state index contributed by atoms with van der Waals surface area (Å²) in [5, 5.41) is 14.8. The van der Waals surface area contributed by atoms with Crippen molar-refractivity contribution in [3.8, 4) is 0 Å². The van der Waals surface area contributed by atoms with Crippen LogP contribution in [0.25, 0.3) is 0 Å². The Labute approximate surface area is 125 Å². The lowest BCUT2D eigenvalue weighted by Gasteiger charge is -2.15. The number of aryl methyl sites for hydroxylation is 2. The van der Waals surface area contributed by atoms with Crippen LogP contribution < -0.4 is 0 Å². The predicted octanol–water partition coefficient (Wildman–Crippen LogP) is 3.26. The van der Waals surface area contributed by atoms with Crippen molar-refractivity contribution in [2.75, 3.05) is 6.61 Å². The van der Waals surface area contributed by atoms with Crippen LogP contribution in [0.2, 0.25) is 5.02 Å². The van der Waals surface area contributed by atoms with Crippen LogP contribution in [-0.2, 0) is 19.4 Å². The molecule has 2 aromatic rings. The summed E-state index contributed by atoms with van der Waals surface area (Å²) in [6.07, 6.45) is 1.60. The molecule has 4 heteroatoms. The van der Waals surface area contributed by atoms with Crippen molar-refractivity contribution in [3.05, 3.63) is 52.3 Å². The molecule has 0 radical (unpaired) electrons. The van der Waals surface area contributed by atoms with Gasteiger partial charge in [-0.05, 0) is 38.2 Å². The Morgan fingerprint density at radius 3 is 2.55 bits per heavy atom. The maximum atomic E-state index is 9.64. The molecule has 0 fully saturated rings. The van der Waals surface area contributed by atoms with E-state index in [1.807, 2.05) is 29.8 Å². The van der Waals surface area contributed by atoms with Crippen LogP contribution in [-0.4, -0.2) is 21.5 Å². The summed E-state index contributed by atoms with van der Waals surface area (Å²) in [4.78, 5) is 0. The number of benzene rings is 1. The molecular weight excluding hydrogens is 272 g/mol. The van der Waals surface area contributed by atoms with E-state index in [-0.39, 0.29) is 12.5 Å². The number of halogens is 1. The van der Waals surface area contributed by atoms with Gasteiger partial charge in [0, 0.05) is 13.2 Å². The van der Waals surface area contributed by atoms with E-state index in [4.69, 9.17) is 11.6 Å². The summed E-state index contributed by atoms with van der Waals surface area (Å²) in [5.74, 6) is 0.163. The first kappa shape index (κ1) is 15.1. The molecular formula is C16H21ClN2O. The smallest absolute Gasteiger partial charge is 0.0847 e. The Morgan fingerprint density at radius 1 is 1.25 bits per heavy atom. The molecule has 0 amide bonds. The Balaban J connectivity index is 2.14. The molecule has 1 unspecified atom stereocenters. The van der Waals surface area contributed by atoms with Crippen molar-refractivity contribution in [1.29, 1.82) is 0 Å². The highest BCUT2D eigenvalue weighted by Crippen LogP contribution is 2.24. The lowest BCUT2D eigenvalue weighted by atomic mass is 9.95. The van der Waals surface area contributed by atoms with Crippen LogP contribution in [0.15, 0.2) is 30.3 Å². The standard InChI is InChI=1S/C16H21ClN2O/c1-3-19-15(16(17)12(2)18-19)10-14(11-20)9-13-7-5-4-6-8-13/h4-8,14,20H,3,9-11H2,1-2H3. The van der Waals surface area contributed by atoms with Crippen LogP contribution in [0.3, 0.4) is 0 Å². The lowest BCUT2D eigenvalue weighted by molar-refractivity contribution is 0.223. The molecule has 0 saturated carbocycles. The third kappa shape index (κ3) is 3.41. The van der Waals surface area contributed by atoms with E-state index in [0.29, 0.717) is 0 Å². The second kappa shape index (κ2) is 6.91. The normalized spacial score (nSPS) is 12.6. The van der Waals surface area contributed by atoms with Crippen LogP contribution >= 0.6 is 11.6 Å². The molecule has 1 heterocycles. The third-order valence-electron chi connectivity index (χ3n) is 3.56. The van der Waals surface area contributed by atoms with Crippen molar-refractivity contribution in [1.82, 2.24) is 9.78 Å². The third-order valence-corrected chi connectivity index (χ3v) is 4.05. The number of nitrogens with zero attached hydrogens (tertiary/aromatic N) is 2. The van der Waals surface area contributed by atoms with Crippen molar-refractivity contribution in [2.45, 2.75) is 33.2 Å². The monoisotopic (exact) mass is 292 g/mol. The molecule has 3 nitrogen and oxygen atoms in total. The van der Waals surface area contributed by atoms with Crippen LogP contribution in [0, 0.1) is 12.8 Å². The maximum Gasteiger partial charge on any atom is 0.0847 e. The van der Waals surface area contributed by atoms with Gasteiger partial charge in [0.25, 0.3) is 0 Å². The van der Waals surface area contributed by atoms with Gasteiger partial charge in [0.05, 0.1) is 16.4 Å². The molecule has 1 atom stereocenters. The van der Waals surface area contributed by atoms with Gasteiger partial charge in [0.15, 0.2) is 0 Å². The second-order valence-corrected chi connectivity index (χ2v) is 5.48. The fraction of sp³-hybridized carbons (Fsp3) is 0.438. The molecule has 1 aromatic heterocycles. The molecule has 1 N–H and O–H groups in total. The lowest BCUT2D eigenvalue weighted by Crippen LogP contribution is -2.16. The zero-order chi connectivity index (χ0) is 14.5. The first-order chi connectivity index (χ1) is 9.65. The first-order valence-electron chi connectivity index (χ1n) is 7.02. The van der Waals surface area contributed by atoms with E-state index in [1.165, 1.54) is 5.56 Å². The van der Waals surface area contributed by atoms with Crippen LogP contribution in [0.5, 0.6) is 0 Å². The zero-order valence-electron chi connectivity index (χ0n) is 12.0. The summed E-state index contributed by atoms with van der Waals surface area (Å²) in [6, 6.07) is 10.2. The van der Waals surface area contributed by atoms with E-state index >= 15 is 0 Å². The topological polar surface area (TPSA) is 38.0 Å². The van der Waals surface area contributed by atoms with Crippen LogP contribution in [0.4, 0.5) is 0 Å². The van der Waals surface area contributed by atoms with Gasteiger partial charge in [-0.2, -0.15) is 5.10 Å². The highest BCUT2D eigenvalue weighted by atomic mass is 35.5. The molecule has 1 aromatic carbocycles. The van der Waals surface area contributed by atoms with Crippen LogP contribution in [0.1, 0.15) is 23.9 Å². The largest absolute Gasteiger partial charge is 0.396 e. The highest BCUT2D eigenvalue weighted by Gasteiger charge is 2.17. The molecule has 0 saturated heterocycles. The molecule has 20 heavy (non-hydrogen) atoms. The number of aliphatic hydroxyl groups excluding tert-OH is 1. The summed E-state index contributed by atoms with van der Waals surface area (Å²) in [7, 11) is 0. The van der Waals surface area contributed by atoms with Gasteiger partial charge < -0.3 is 5.11 Å². The fourth-order valence-electron chi connectivity index (χ4n) is 2.49. The summed E-state index contributed by atoms with van der Waals surface area (Å²) in [5.41, 5.74) is 3.13. The Hall–Kier alpha value is -1.32. The van der Waals surface area contributed by atoms with Gasteiger partial charge in [-0.25, -0.2) is 0 Å². The number of hydrogen-bond donors (Lipinski definition) is 1. The van der Waals surface area contributed by atoms with E-state index in [1.54, 1.807) is 0 Å². The quantitative estimate of drug-likeness (QED) is 0.887. The van der Waals surface area contributed by atoms with Crippen molar-refractivity contribution in [2.24, 2.45) is 5.92 Å². The van der Waals surface area contributed by atoms with Gasteiger partial charge in [-0.3, -0.25) is 4.68 Å². The average molecular weight is 293 g/mol. The molecule has 0 aliphatic rings. The summed E-state index contributed by atoms with van der Waals surface area (Å²) >= 11 is 6.33. The Bertz CT molecular complexity index is 551. The first-order valence-corrected chi connectivity index (χ1v) is 7.40. The Morgan fingerprint density at radius 2 is 1.95 bits per heavy atom. The average Bonchev–Trinajstić information content (AvgIpc) is 2.75.